The second-order valence-electron chi connectivity index (χ2n) is 5.20. The molecule has 2 rings (SSSR count). The van der Waals surface area contributed by atoms with E-state index in [2.05, 4.69) is 5.10 Å². The molecule has 1 saturated heterocycles. The van der Waals surface area contributed by atoms with Gasteiger partial charge in [-0.2, -0.15) is 5.10 Å². The van der Waals surface area contributed by atoms with Crippen molar-refractivity contribution in [3.05, 3.63) is 18.0 Å². The molecule has 0 saturated carbocycles. The first kappa shape index (κ1) is 14.1. The molecular weight excluding hydrogens is 242 g/mol. The van der Waals surface area contributed by atoms with Crippen LogP contribution in [0.2, 0.25) is 0 Å². The van der Waals surface area contributed by atoms with Crippen LogP contribution in [0.25, 0.3) is 0 Å². The molecule has 106 valence electrons. The number of ether oxygens (including phenoxy) is 1. The minimum absolute atomic E-state index is 0.00497. The molecule has 0 spiro atoms. The van der Waals surface area contributed by atoms with Gasteiger partial charge in [0.15, 0.2) is 0 Å². The van der Waals surface area contributed by atoms with Crippen LogP contribution < -0.4 is 0 Å². The normalized spacial score (nSPS) is 23.3. The Morgan fingerprint density at radius 2 is 2.42 bits per heavy atom. The van der Waals surface area contributed by atoms with Crippen molar-refractivity contribution in [1.29, 1.82) is 0 Å². The smallest absolute Gasteiger partial charge is 0.228 e. The van der Waals surface area contributed by atoms with Gasteiger partial charge in [0, 0.05) is 38.5 Å². The highest BCUT2D eigenvalue weighted by Gasteiger charge is 2.31. The highest BCUT2D eigenvalue weighted by atomic mass is 16.5. The Morgan fingerprint density at radius 3 is 3.00 bits per heavy atom. The molecule has 1 aromatic heterocycles. The van der Waals surface area contributed by atoms with E-state index in [1.165, 1.54) is 0 Å². The van der Waals surface area contributed by atoms with E-state index in [-0.39, 0.29) is 17.9 Å². The molecule has 0 bridgehead atoms. The number of hydrogen-bond donors (Lipinski definition) is 0. The maximum absolute atomic E-state index is 12.6. The molecule has 1 aliphatic heterocycles. The van der Waals surface area contributed by atoms with Gasteiger partial charge in [-0.15, -0.1) is 0 Å². The molecule has 0 aromatic carbocycles. The van der Waals surface area contributed by atoms with Crippen LogP contribution in [0, 0.1) is 5.92 Å². The van der Waals surface area contributed by atoms with Crippen LogP contribution in [0.15, 0.2) is 12.4 Å². The number of hydrogen-bond acceptors (Lipinski definition) is 3. The zero-order valence-corrected chi connectivity index (χ0v) is 12.0. The van der Waals surface area contributed by atoms with E-state index in [1.807, 2.05) is 38.2 Å². The van der Waals surface area contributed by atoms with Crippen molar-refractivity contribution in [2.24, 2.45) is 13.0 Å². The van der Waals surface area contributed by atoms with E-state index in [0.717, 1.165) is 31.6 Å². The van der Waals surface area contributed by atoms with Gasteiger partial charge in [0.1, 0.15) is 0 Å². The molecule has 5 nitrogen and oxygen atoms in total. The summed E-state index contributed by atoms with van der Waals surface area (Å²) in [6.45, 7) is 6.14. The summed E-state index contributed by atoms with van der Waals surface area (Å²) >= 11 is 0. The monoisotopic (exact) mass is 265 g/mol. The quantitative estimate of drug-likeness (QED) is 0.830. The fraction of sp³-hybridized carbons (Fsp3) is 0.714. The SMILES string of the molecule is CCN(Cc1cnn(C)c1)C(=O)C1CCCOC1C. The van der Waals surface area contributed by atoms with Gasteiger partial charge in [0.25, 0.3) is 0 Å². The van der Waals surface area contributed by atoms with Crippen molar-refractivity contribution < 1.29 is 9.53 Å². The Bertz CT molecular complexity index is 430. The average Bonchev–Trinajstić information content (AvgIpc) is 2.81. The Balaban J connectivity index is 2.01. The van der Waals surface area contributed by atoms with E-state index < -0.39 is 0 Å². The lowest BCUT2D eigenvalue weighted by atomic mass is 9.93. The zero-order chi connectivity index (χ0) is 13.8. The van der Waals surface area contributed by atoms with Crippen LogP contribution >= 0.6 is 0 Å². The summed E-state index contributed by atoms with van der Waals surface area (Å²) in [6, 6.07) is 0. The van der Waals surface area contributed by atoms with Gasteiger partial charge in [-0.1, -0.05) is 0 Å². The molecule has 1 aliphatic rings. The average molecular weight is 265 g/mol. The van der Waals surface area contributed by atoms with Gasteiger partial charge < -0.3 is 9.64 Å². The first-order valence-electron chi connectivity index (χ1n) is 6.99. The van der Waals surface area contributed by atoms with Crippen molar-refractivity contribution >= 4 is 5.91 Å². The third kappa shape index (κ3) is 3.35. The summed E-state index contributed by atoms with van der Waals surface area (Å²) in [5.74, 6) is 0.212. The zero-order valence-electron chi connectivity index (χ0n) is 12.0. The summed E-state index contributed by atoms with van der Waals surface area (Å²) in [6.07, 6.45) is 5.71. The van der Waals surface area contributed by atoms with E-state index in [0.29, 0.717) is 6.54 Å². The predicted octanol–water partition coefficient (Wildman–Crippen LogP) is 1.58. The van der Waals surface area contributed by atoms with Crippen LogP contribution in [0.1, 0.15) is 32.3 Å². The number of nitrogens with zero attached hydrogens (tertiary/aromatic N) is 3. The Labute approximate surface area is 114 Å². The van der Waals surface area contributed by atoms with Gasteiger partial charge in [0.2, 0.25) is 5.91 Å². The summed E-state index contributed by atoms with van der Waals surface area (Å²) in [5.41, 5.74) is 1.07. The number of carbonyl (C=O) groups excluding carboxylic acids is 1. The van der Waals surface area contributed by atoms with E-state index in [4.69, 9.17) is 4.74 Å². The fourth-order valence-electron chi connectivity index (χ4n) is 2.60. The minimum Gasteiger partial charge on any atom is -0.378 e. The number of carbonyl (C=O) groups is 1. The maximum atomic E-state index is 12.6. The number of aromatic nitrogens is 2. The molecule has 19 heavy (non-hydrogen) atoms. The Morgan fingerprint density at radius 1 is 1.63 bits per heavy atom. The molecule has 5 heteroatoms. The molecule has 0 N–H and O–H groups in total. The van der Waals surface area contributed by atoms with Crippen molar-refractivity contribution in [2.45, 2.75) is 39.3 Å². The van der Waals surface area contributed by atoms with Crippen LogP contribution in [0.3, 0.4) is 0 Å². The van der Waals surface area contributed by atoms with E-state index in [9.17, 15) is 4.79 Å². The Kier molecular flexibility index (Phi) is 4.58. The number of amides is 1. The van der Waals surface area contributed by atoms with Crippen molar-refractivity contribution in [3.63, 3.8) is 0 Å². The van der Waals surface area contributed by atoms with Crippen molar-refractivity contribution in [1.82, 2.24) is 14.7 Å². The largest absolute Gasteiger partial charge is 0.378 e. The first-order valence-corrected chi connectivity index (χ1v) is 6.99. The summed E-state index contributed by atoms with van der Waals surface area (Å²) in [7, 11) is 1.89. The highest BCUT2D eigenvalue weighted by molar-refractivity contribution is 5.79. The van der Waals surface area contributed by atoms with Gasteiger partial charge >= 0.3 is 0 Å². The predicted molar refractivity (Wildman–Crippen MR) is 72.4 cm³/mol. The Hall–Kier alpha value is -1.36. The molecule has 2 unspecified atom stereocenters. The van der Waals surface area contributed by atoms with Crippen molar-refractivity contribution in [2.75, 3.05) is 13.2 Å². The molecule has 2 atom stereocenters. The first-order chi connectivity index (χ1) is 9.11. The van der Waals surface area contributed by atoms with Crippen LogP contribution in [0.5, 0.6) is 0 Å². The highest BCUT2D eigenvalue weighted by Crippen LogP contribution is 2.23. The number of aryl methyl sites for hydroxylation is 1. The van der Waals surface area contributed by atoms with Crippen LogP contribution in [-0.4, -0.2) is 39.8 Å². The summed E-state index contributed by atoms with van der Waals surface area (Å²) < 4.78 is 7.36. The van der Waals surface area contributed by atoms with Crippen LogP contribution in [0.4, 0.5) is 0 Å². The molecule has 2 heterocycles. The molecule has 1 amide bonds. The van der Waals surface area contributed by atoms with Crippen LogP contribution in [-0.2, 0) is 23.1 Å². The summed E-state index contributed by atoms with van der Waals surface area (Å²) in [4.78, 5) is 14.5. The minimum atomic E-state index is 0.00497. The van der Waals surface area contributed by atoms with E-state index >= 15 is 0 Å². The van der Waals surface area contributed by atoms with E-state index in [1.54, 1.807) is 4.68 Å². The second-order valence-corrected chi connectivity index (χ2v) is 5.20. The molecular formula is C14H23N3O2. The lowest BCUT2D eigenvalue weighted by Crippen LogP contribution is -2.42. The van der Waals surface area contributed by atoms with Crippen molar-refractivity contribution in [3.8, 4) is 0 Å². The maximum Gasteiger partial charge on any atom is 0.228 e. The molecule has 1 fully saturated rings. The third-order valence-corrected chi connectivity index (χ3v) is 3.75. The van der Waals surface area contributed by atoms with Gasteiger partial charge in [-0.05, 0) is 26.7 Å². The topological polar surface area (TPSA) is 47.4 Å². The third-order valence-electron chi connectivity index (χ3n) is 3.75. The lowest BCUT2D eigenvalue weighted by Gasteiger charge is -2.32. The lowest BCUT2D eigenvalue weighted by molar-refractivity contribution is -0.144. The molecule has 0 aliphatic carbocycles. The van der Waals surface area contributed by atoms with Gasteiger partial charge in [-0.3, -0.25) is 9.48 Å². The fourth-order valence-corrected chi connectivity index (χ4v) is 2.60. The summed E-state index contributed by atoms with van der Waals surface area (Å²) in [5, 5.41) is 4.14. The van der Waals surface area contributed by atoms with Gasteiger partial charge in [-0.25, -0.2) is 0 Å². The second kappa shape index (κ2) is 6.19. The standard InChI is InChI=1S/C14H23N3O2/c1-4-17(10-12-8-15-16(3)9-12)14(18)13-6-5-7-19-11(13)2/h8-9,11,13H,4-7,10H2,1-3H3. The molecule has 0 radical (unpaired) electrons. The van der Waals surface area contributed by atoms with Gasteiger partial charge in [0.05, 0.1) is 18.2 Å². The molecule has 1 aromatic rings. The number of rotatable bonds is 4.